The molecule has 0 saturated heterocycles. The topological polar surface area (TPSA) is 95.1 Å². The van der Waals surface area contributed by atoms with Gasteiger partial charge in [-0.3, -0.25) is 4.79 Å². The monoisotopic (exact) mass is 537 g/mol. The number of aromatic nitrogens is 2. The van der Waals surface area contributed by atoms with Crippen molar-refractivity contribution in [2.75, 3.05) is 0 Å². The van der Waals surface area contributed by atoms with E-state index in [1.165, 1.54) is 6.07 Å². The molecule has 196 valence electrons. The van der Waals surface area contributed by atoms with Crippen LogP contribution in [-0.4, -0.2) is 27.0 Å². The maximum atomic E-state index is 13.3. The number of carbonyl (C=O) groups excluding carboxylic acids is 1. The molecular weight excluding hydrogens is 510 g/mol. The summed E-state index contributed by atoms with van der Waals surface area (Å²) in [5, 5.41) is 13.7. The van der Waals surface area contributed by atoms with E-state index < -0.39 is 5.97 Å². The predicted molar refractivity (Wildman–Crippen MR) is 155 cm³/mol. The third-order valence-corrected chi connectivity index (χ3v) is 7.07. The lowest BCUT2D eigenvalue weighted by molar-refractivity contribution is 0.0697. The minimum Gasteiger partial charge on any atom is -0.478 e. The van der Waals surface area contributed by atoms with E-state index in [0.29, 0.717) is 27.5 Å². The van der Waals surface area contributed by atoms with E-state index in [1.54, 1.807) is 24.3 Å². The number of carboxylic acid groups (broad SMARTS) is 1. The summed E-state index contributed by atoms with van der Waals surface area (Å²) >= 11 is 6.37. The van der Waals surface area contributed by atoms with Crippen LogP contribution in [0.5, 0.6) is 0 Å². The van der Waals surface area contributed by atoms with Crippen molar-refractivity contribution < 1.29 is 14.7 Å². The number of amides is 1. The van der Waals surface area contributed by atoms with Gasteiger partial charge in [-0.05, 0) is 72.0 Å². The molecule has 1 amide bonds. The Morgan fingerprint density at radius 1 is 0.949 bits per heavy atom. The number of H-pyrrole nitrogens is 1. The minimum atomic E-state index is -1.14. The molecule has 0 radical (unpaired) electrons. The zero-order valence-corrected chi connectivity index (χ0v) is 22.4. The third kappa shape index (κ3) is 5.42. The molecular formula is C32H28ClN3O3. The number of carboxylic acids is 1. The number of aryl methyl sites for hydroxylation is 1. The van der Waals surface area contributed by atoms with Gasteiger partial charge in [-0.15, -0.1) is 0 Å². The largest absolute Gasteiger partial charge is 0.478 e. The molecule has 0 unspecified atom stereocenters. The maximum Gasteiger partial charge on any atom is 0.336 e. The van der Waals surface area contributed by atoms with E-state index in [9.17, 15) is 14.7 Å². The summed E-state index contributed by atoms with van der Waals surface area (Å²) in [7, 11) is 0. The smallest absolute Gasteiger partial charge is 0.336 e. The van der Waals surface area contributed by atoms with Crippen molar-refractivity contribution in [3.63, 3.8) is 0 Å². The summed E-state index contributed by atoms with van der Waals surface area (Å²) in [4.78, 5) is 33.8. The molecule has 0 saturated carbocycles. The summed E-state index contributed by atoms with van der Waals surface area (Å²) in [5.41, 5.74) is 5.81. The van der Waals surface area contributed by atoms with Crippen molar-refractivity contribution in [2.45, 2.75) is 32.7 Å². The number of aromatic amines is 1. The number of nitrogens with zero attached hydrogens (tertiary/aromatic N) is 1. The molecule has 0 fully saturated rings. The number of hydrogen-bond donors (Lipinski definition) is 3. The van der Waals surface area contributed by atoms with Gasteiger partial charge < -0.3 is 15.4 Å². The lowest BCUT2D eigenvalue weighted by atomic mass is 9.93. The van der Waals surface area contributed by atoms with Crippen molar-refractivity contribution in [3.8, 4) is 22.5 Å². The second kappa shape index (κ2) is 11.1. The number of aromatic carboxylic acids is 1. The first-order chi connectivity index (χ1) is 18.9. The highest BCUT2D eigenvalue weighted by atomic mass is 35.5. The second-order valence-corrected chi connectivity index (χ2v) is 9.97. The van der Waals surface area contributed by atoms with Gasteiger partial charge in [0.25, 0.3) is 5.91 Å². The molecule has 3 N–H and O–H groups in total. The average molecular weight is 538 g/mol. The van der Waals surface area contributed by atoms with Gasteiger partial charge in [-0.1, -0.05) is 73.5 Å². The van der Waals surface area contributed by atoms with Crippen LogP contribution < -0.4 is 5.32 Å². The van der Waals surface area contributed by atoms with Crippen LogP contribution in [0.25, 0.3) is 33.5 Å². The third-order valence-electron chi connectivity index (χ3n) is 6.84. The van der Waals surface area contributed by atoms with Crippen LogP contribution >= 0.6 is 11.6 Å². The van der Waals surface area contributed by atoms with Gasteiger partial charge in [0.2, 0.25) is 0 Å². The van der Waals surface area contributed by atoms with E-state index in [-0.39, 0.29) is 23.1 Å². The lowest BCUT2D eigenvalue weighted by Gasteiger charge is -2.19. The normalized spacial score (nSPS) is 11.9. The Kier molecular flexibility index (Phi) is 7.48. The van der Waals surface area contributed by atoms with Gasteiger partial charge in [-0.25, -0.2) is 9.78 Å². The van der Waals surface area contributed by atoms with Gasteiger partial charge in [0.05, 0.1) is 22.6 Å². The Morgan fingerprint density at radius 3 is 2.44 bits per heavy atom. The van der Waals surface area contributed by atoms with Crippen LogP contribution in [0.4, 0.5) is 0 Å². The van der Waals surface area contributed by atoms with Gasteiger partial charge in [-0.2, -0.15) is 0 Å². The molecule has 7 heteroatoms. The summed E-state index contributed by atoms with van der Waals surface area (Å²) in [6, 6.07) is 25.5. The van der Waals surface area contributed by atoms with Crippen molar-refractivity contribution >= 4 is 34.5 Å². The molecule has 0 spiro atoms. The molecule has 0 bridgehead atoms. The highest BCUT2D eigenvalue weighted by molar-refractivity contribution is 6.31. The molecule has 1 heterocycles. The Bertz CT molecular complexity index is 1680. The van der Waals surface area contributed by atoms with E-state index in [4.69, 9.17) is 16.6 Å². The Labute approximate surface area is 231 Å². The van der Waals surface area contributed by atoms with Crippen LogP contribution in [0, 0.1) is 6.92 Å². The zero-order chi connectivity index (χ0) is 27.5. The molecule has 0 aliphatic carbocycles. The summed E-state index contributed by atoms with van der Waals surface area (Å²) in [6.07, 6.45) is 1.65. The first kappa shape index (κ1) is 26.2. The van der Waals surface area contributed by atoms with E-state index in [2.05, 4.69) is 17.2 Å². The van der Waals surface area contributed by atoms with Crippen molar-refractivity contribution in [1.29, 1.82) is 0 Å². The first-order valence-electron chi connectivity index (χ1n) is 12.8. The van der Waals surface area contributed by atoms with Gasteiger partial charge >= 0.3 is 5.97 Å². The second-order valence-electron chi connectivity index (χ2n) is 9.54. The van der Waals surface area contributed by atoms with Crippen LogP contribution in [0.15, 0.2) is 84.9 Å². The molecule has 4 aromatic carbocycles. The van der Waals surface area contributed by atoms with Gasteiger partial charge in [0, 0.05) is 16.1 Å². The fourth-order valence-corrected chi connectivity index (χ4v) is 5.06. The SMILES string of the molecule is CCC[C@@H](NC(=O)c1ccc(-c2cc(Cl)ccc2-c2nc3c(C)cccc3[nH]2)c(C(=O)O)c1)c1ccccc1. The van der Waals surface area contributed by atoms with Crippen LogP contribution in [-0.2, 0) is 0 Å². The first-order valence-corrected chi connectivity index (χ1v) is 13.2. The maximum absolute atomic E-state index is 13.3. The molecule has 6 nitrogen and oxygen atoms in total. The molecule has 1 aromatic heterocycles. The quantitative estimate of drug-likeness (QED) is 0.188. The minimum absolute atomic E-state index is 0.00482. The Morgan fingerprint density at radius 2 is 1.72 bits per heavy atom. The summed E-state index contributed by atoms with van der Waals surface area (Å²) in [5.74, 6) is -0.862. The standard InChI is InChI=1S/C32H28ClN3O3/c1-3-8-27(20-10-5-4-6-11-20)35-31(37)21-13-15-23(26(17-21)32(38)39)25-18-22(33)14-16-24(25)30-34-28-12-7-9-19(2)29(28)36-30/h4-7,9-18,27H,3,8H2,1-2H3,(H,34,36)(H,35,37)(H,38,39)/t27-/m1/s1. The van der Waals surface area contributed by atoms with Crippen LogP contribution in [0.2, 0.25) is 5.02 Å². The molecule has 0 aliphatic heterocycles. The van der Waals surface area contributed by atoms with Crippen LogP contribution in [0.3, 0.4) is 0 Å². The summed E-state index contributed by atoms with van der Waals surface area (Å²) in [6.45, 7) is 4.05. The number of imidazole rings is 1. The number of para-hydroxylation sites is 1. The Hall–Kier alpha value is -4.42. The average Bonchev–Trinajstić information content (AvgIpc) is 3.38. The number of hydrogen-bond acceptors (Lipinski definition) is 3. The number of rotatable bonds is 8. The van der Waals surface area contributed by atoms with Crippen molar-refractivity contribution in [2.24, 2.45) is 0 Å². The molecule has 5 rings (SSSR count). The van der Waals surface area contributed by atoms with Gasteiger partial charge in [0.15, 0.2) is 0 Å². The van der Waals surface area contributed by atoms with Crippen LogP contribution in [0.1, 0.15) is 57.7 Å². The fraction of sp³-hybridized carbons (Fsp3) is 0.156. The lowest BCUT2D eigenvalue weighted by Crippen LogP contribution is -2.28. The molecule has 0 aliphatic rings. The number of halogens is 1. The number of carbonyl (C=O) groups is 2. The van der Waals surface area contributed by atoms with Crippen molar-refractivity contribution in [1.82, 2.24) is 15.3 Å². The highest BCUT2D eigenvalue weighted by Crippen LogP contribution is 2.36. The molecule has 1 atom stereocenters. The highest BCUT2D eigenvalue weighted by Gasteiger charge is 2.21. The Balaban J connectivity index is 1.55. The summed E-state index contributed by atoms with van der Waals surface area (Å²) < 4.78 is 0. The van der Waals surface area contributed by atoms with E-state index in [1.807, 2.05) is 61.5 Å². The number of benzene rings is 4. The molecule has 5 aromatic rings. The molecule has 39 heavy (non-hydrogen) atoms. The van der Waals surface area contributed by atoms with Gasteiger partial charge in [0.1, 0.15) is 5.82 Å². The van der Waals surface area contributed by atoms with Crippen molar-refractivity contribution in [3.05, 3.63) is 112 Å². The number of nitrogens with one attached hydrogen (secondary N) is 2. The van der Waals surface area contributed by atoms with E-state index in [0.717, 1.165) is 35.0 Å². The van der Waals surface area contributed by atoms with E-state index >= 15 is 0 Å². The fourth-order valence-electron chi connectivity index (χ4n) is 4.88. The predicted octanol–water partition coefficient (Wildman–Crippen LogP) is 7.83. The number of fused-ring (bicyclic) bond motifs is 1. The zero-order valence-electron chi connectivity index (χ0n) is 21.7.